The Hall–Kier alpha value is -2.14. The van der Waals surface area contributed by atoms with Crippen molar-refractivity contribution in [2.75, 3.05) is 13.1 Å². The highest BCUT2D eigenvalue weighted by Crippen LogP contribution is 2.28. The average molecular weight is 312 g/mol. The van der Waals surface area contributed by atoms with Crippen LogP contribution in [0.2, 0.25) is 0 Å². The molecule has 2 heterocycles. The predicted octanol–water partition coefficient (Wildman–Crippen LogP) is 2.15. The lowest BCUT2D eigenvalue weighted by Crippen LogP contribution is -2.55. The van der Waals surface area contributed by atoms with E-state index in [1.165, 1.54) is 5.56 Å². The number of benzene rings is 1. The van der Waals surface area contributed by atoms with Gasteiger partial charge >= 0.3 is 0 Å². The van der Waals surface area contributed by atoms with Gasteiger partial charge in [-0.25, -0.2) is 0 Å². The number of nitrogens with zero attached hydrogens (tertiary/aromatic N) is 2. The second-order valence-corrected chi connectivity index (χ2v) is 6.28. The fourth-order valence-corrected chi connectivity index (χ4v) is 3.40. The van der Waals surface area contributed by atoms with Crippen molar-refractivity contribution in [2.24, 2.45) is 0 Å². The number of aromatic nitrogens is 2. The van der Waals surface area contributed by atoms with E-state index in [9.17, 15) is 4.79 Å². The van der Waals surface area contributed by atoms with Crippen LogP contribution in [0.4, 0.5) is 0 Å². The monoisotopic (exact) mass is 312 g/mol. The lowest BCUT2D eigenvalue weighted by atomic mass is 9.87. The molecule has 1 atom stereocenters. The molecule has 1 unspecified atom stereocenters. The average Bonchev–Trinajstić information content (AvgIpc) is 3.10. The Morgan fingerprint density at radius 2 is 2.04 bits per heavy atom. The minimum Gasteiger partial charge on any atom is -0.347 e. The summed E-state index contributed by atoms with van der Waals surface area (Å²) in [6, 6.07) is 10.0. The van der Waals surface area contributed by atoms with Crippen molar-refractivity contribution in [1.29, 1.82) is 0 Å². The van der Waals surface area contributed by atoms with Crippen molar-refractivity contribution < 1.29 is 4.79 Å². The van der Waals surface area contributed by atoms with E-state index in [0.29, 0.717) is 0 Å². The minimum absolute atomic E-state index is 0.0222. The van der Waals surface area contributed by atoms with E-state index in [2.05, 4.69) is 34.8 Å². The molecule has 1 saturated heterocycles. The maximum absolute atomic E-state index is 13.1. The lowest BCUT2D eigenvalue weighted by Gasteiger charge is -2.37. The van der Waals surface area contributed by atoms with Crippen molar-refractivity contribution >= 4 is 5.91 Å². The molecule has 1 amide bonds. The van der Waals surface area contributed by atoms with Crippen molar-refractivity contribution in [1.82, 2.24) is 20.4 Å². The number of hydrogen-bond acceptors (Lipinski definition) is 3. The standard InChI is InChI=1S/C18H24N4O/c1-14-6-3-4-7-16(14)15(2)21-17(23)18(8-11-19-12-9-18)22-13-5-10-20-22/h3-7,10,13,15,19H,8-9,11-12H2,1-2H3,(H,21,23). The molecule has 0 radical (unpaired) electrons. The first-order valence-corrected chi connectivity index (χ1v) is 8.21. The van der Waals surface area contributed by atoms with Crippen LogP contribution < -0.4 is 10.6 Å². The Labute approximate surface area is 137 Å². The number of carbonyl (C=O) groups excluding carboxylic acids is 1. The SMILES string of the molecule is Cc1ccccc1C(C)NC(=O)C1(n2cccn2)CCNCC1. The van der Waals surface area contributed by atoms with E-state index in [-0.39, 0.29) is 11.9 Å². The summed E-state index contributed by atoms with van der Waals surface area (Å²) < 4.78 is 1.83. The normalized spacial score (nSPS) is 18.3. The van der Waals surface area contributed by atoms with Gasteiger partial charge in [0.05, 0.1) is 6.04 Å². The second kappa shape index (κ2) is 6.54. The minimum atomic E-state index is -0.592. The van der Waals surface area contributed by atoms with Gasteiger partial charge in [-0.1, -0.05) is 24.3 Å². The summed E-state index contributed by atoms with van der Waals surface area (Å²) in [5, 5.41) is 10.9. The summed E-state index contributed by atoms with van der Waals surface area (Å²) in [5.41, 5.74) is 1.76. The second-order valence-electron chi connectivity index (χ2n) is 6.28. The molecule has 3 rings (SSSR count). The van der Waals surface area contributed by atoms with Crippen LogP contribution in [0.25, 0.3) is 0 Å². The first kappa shape index (κ1) is 15.7. The largest absolute Gasteiger partial charge is 0.347 e. The first-order chi connectivity index (χ1) is 11.1. The van der Waals surface area contributed by atoms with Gasteiger partial charge in [0.15, 0.2) is 0 Å². The van der Waals surface area contributed by atoms with Crippen LogP contribution in [-0.4, -0.2) is 28.8 Å². The summed E-state index contributed by atoms with van der Waals surface area (Å²) in [6.07, 6.45) is 5.13. The molecule has 1 aromatic heterocycles. The highest BCUT2D eigenvalue weighted by atomic mass is 16.2. The third-order valence-corrected chi connectivity index (χ3v) is 4.80. The highest BCUT2D eigenvalue weighted by Gasteiger charge is 2.42. The Morgan fingerprint density at radius 3 is 2.70 bits per heavy atom. The van der Waals surface area contributed by atoms with E-state index in [0.717, 1.165) is 31.5 Å². The number of hydrogen-bond donors (Lipinski definition) is 2. The van der Waals surface area contributed by atoms with Gasteiger partial charge in [-0.15, -0.1) is 0 Å². The van der Waals surface area contributed by atoms with Crippen LogP contribution in [0.5, 0.6) is 0 Å². The number of carbonyl (C=O) groups is 1. The molecular weight excluding hydrogens is 288 g/mol. The molecule has 0 aliphatic carbocycles. The first-order valence-electron chi connectivity index (χ1n) is 8.21. The maximum atomic E-state index is 13.1. The van der Waals surface area contributed by atoms with Gasteiger partial charge in [0, 0.05) is 12.4 Å². The van der Waals surface area contributed by atoms with Crippen LogP contribution in [0, 0.1) is 6.92 Å². The zero-order valence-corrected chi connectivity index (χ0v) is 13.7. The maximum Gasteiger partial charge on any atom is 0.248 e. The number of aryl methyl sites for hydroxylation is 1. The molecule has 0 bridgehead atoms. The van der Waals surface area contributed by atoms with Gasteiger partial charge in [0.2, 0.25) is 5.91 Å². The molecule has 122 valence electrons. The van der Waals surface area contributed by atoms with Gasteiger partial charge in [-0.05, 0) is 57.0 Å². The van der Waals surface area contributed by atoms with Crippen LogP contribution in [0.15, 0.2) is 42.7 Å². The van der Waals surface area contributed by atoms with Gasteiger partial charge < -0.3 is 10.6 Å². The van der Waals surface area contributed by atoms with E-state index in [4.69, 9.17) is 0 Å². The molecule has 0 spiro atoms. The van der Waals surface area contributed by atoms with Crippen molar-refractivity contribution in [2.45, 2.75) is 38.3 Å². The van der Waals surface area contributed by atoms with Crippen molar-refractivity contribution in [3.8, 4) is 0 Å². The Balaban J connectivity index is 1.83. The van der Waals surface area contributed by atoms with Gasteiger partial charge in [0.1, 0.15) is 5.54 Å². The van der Waals surface area contributed by atoms with Crippen molar-refractivity contribution in [3.05, 3.63) is 53.9 Å². The molecule has 5 nitrogen and oxygen atoms in total. The number of piperidine rings is 1. The Bertz CT molecular complexity index is 659. The molecular formula is C18H24N4O. The molecule has 1 aliphatic heterocycles. The van der Waals surface area contributed by atoms with Crippen LogP contribution in [0.1, 0.15) is 36.9 Å². The van der Waals surface area contributed by atoms with Crippen LogP contribution in [-0.2, 0) is 10.3 Å². The molecule has 23 heavy (non-hydrogen) atoms. The molecule has 1 aliphatic rings. The van der Waals surface area contributed by atoms with E-state index in [1.54, 1.807) is 6.20 Å². The topological polar surface area (TPSA) is 59.0 Å². The molecule has 0 saturated carbocycles. The quantitative estimate of drug-likeness (QED) is 0.909. The smallest absolute Gasteiger partial charge is 0.248 e. The van der Waals surface area contributed by atoms with Gasteiger partial charge in [0.25, 0.3) is 0 Å². The van der Waals surface area contributed by atoms with Gasteiger partial charge in [-0.2, -0.15) is 5.10 Å². The molecule has 1 fully saturated rings. The van der Waals surface area contributed by atoms with Gasteiger partial charge in [-0.3, -0.25) is 9.48 Å². The zero-order valence-electron chi connectivity index (χ0n) is 13.7. The van der Waals surface area contributed by atoms with E-state index < -0.39 is 5.54 Å². The molecule has 2 N–H and O–H groups in total. The van der Waals surface area contributed by atoms with Crippen LogP contribution in [0.3, 0.4) is 0 Å². The summed E-state index contributed by atoms with van der Waals surface area (Å²) in [6.45, 7) is 5.77. The number of rotatable bonds is 4. The molecule has 2 aromatic rings. The fraction of sp³-hybridized carbons (Fsp3) is 0.444. The van der Waals surface area contributed by atoms with Crippen LogP contribution >= 0.6 is 0 Å². The Morgan fingerprint density at radius 1 is 1.30 bits per heavy atom. The summed E-state index contributed by atoms with van der Waals surface area (Å²) in [4.78, 5) is 13.1. The predicted molar refractivity (Wildman–Crippen MR) is 90.0 cm³/mol. The fourth-order valence-electron chi connectivity index (χ4n) is 3.40. The number of nitrogens with one attached hydrogen (secondary N) is 2. The highest BCUT2D eigenvalue weighted by molar-refractivity contribution is 5.85. The summed E-state index contributed by atoms with van der Waals surface area (Å²) >= 11 is 0. The van der Waals surface area contributed by atoms with E-state index in [1.807, 2.05) is 36.0 Å². The Kier molecular flexibility index (Phi) is 4.48. The molecule has 1 aromatic carbocycles. The number of amides is 1. The third-order valence-electron chi connectivity index (χ3n) is 4.80. The lowest BCUT2D eigenvalue weighted by molar-refractivity contribution is -0.132. The zero-order chi connectivity index (χ0) is 16.3. The third kappa shape index (κ3) is 3.01. The summed E-state index contributed by atoms with van der Waals surface area (Å²) in [5.74, 6) is 0.0541. The molecule has 5 heteroatoms. The van der Waals surface area contributed by atoms with Crippen molar-refractivity contribution in [3.63, 3.8) is 0 Å². The summed E-state index contributed by atoms with van der Waals surface area (Å²) in [7, 11) is 0. The van der Waals surface area contributed by atoms with E-state index >= 15 is 0 Å².